The van der Waals surface area contributed by atoms with E-state index in [0.717, 1.165) is 46.6 Å². The summed E-state index contributed by atoms with van der Waals surface area (Å²) in [6.45, 7) is 4.14. The van der Waals surface area contributed by atoms with Gasteiger partial charge < -0.3 is 20.3 Å². The Bertz CT molecular complexity index is 1090. The summed E-state index contributed by atoms with van der Waals surface area (Å²) in [6, 6.07) is 10.3. The third-order valence-corrected chi connectivity index (χ3v) is 6.62. The predicted molar refractivity (Wildman–Crippen MR) is 127 cm³/mol. The molecule has 0 spiro atoms. The molecule has 3 heterocycles. The zero-order valence-corrected chi connectivity index (χ0v) is 18.9. The number of benzene rings is 1. The Morgan fingerprint density at radius 3 is 2.81 bits per heavy atom. The second-order valence-electron chi connectivity index (χ2n) is 6.83. The summed E-state index contributed by atoms with van der Waals surface area (Å²) in [5.74, 6) is 1.62. The maximum Gasteiger partial charge on any atom is 0.191 e. The molecule has 0 saturated carbocycles. The monoisotopic (exact) mass is 455 g/mol. The van der Waals surface area contributed by atoms with E-state index in [2.05, 4.69) is 39.2 Å². The van der Waals surface area contributed by atoms with Crippen molar-refractivity contribution in [3.05, 3.63) is 54.1 Å². The minimum Gasteiger partial charge on any atom is -0.395 e. The zero-order valence-electron chi connectivity index (χ0n) is 17.3. The molecule has 3 N–H and O–H groups in total. The lowest BCUT2D eigenvalue weighted by Crippen LogP contribution is -2.27. The number of hydrogen-bond donors (Lipinski definition) is 3. The van der Waals surface area contributed by atoms with Crippen LogP contribution >= 0.6 is 23.1 Å². The summed E-state index contributed by atoms with van der Waals surface area (Å²) in [5, 5.41) is 14.4. The van der Waals surface area contributed by atoms with Gasteiger partial charge in [0.05, 0.1) is 12.9 Å². The fourth-order valence-corrected chi connectivity index (χ4v) is 4.87. The van der Waals surface area contributed by atoms with Gasteiger partial charge in [0.25, 0.3) is 0 Å². The third kappa shape index (κ3) is 5.52. The number of thiazole rings is 1. The lowest BCUT2D eigenvalue weighted by Gasteiger charge is -2.21. The van der Waals surface area contributed by atoms with E-state index >= 15 is 0 Å². The van der Waals surface area contributed by atoms with Crippen LogP contribution in [0.3, 0.4) is 0 Å². The van der Waals surface area contributed by atoms with Gasteiger partial charge in [-0.05, 0) is 12.5 Å². The van der Waals surface area contributed by atoms with Crippen LogP contribution in [0.1, 0.15) is 18.2 Å². The summed E-state index contributed by atoms with van der Waals surface area (Å²) >= 11 is 3.14. The molecule has 0 aliphatic rings. The molecule has 8 nitrogen and oxygen atoms in total. The Morgan fingerprint density at radius 1 is 1.19 bits per heavy atom. The quantitative estimate of drug-likeness (QED) is 0.233. The molecule has 162 valence electrons. The van der Waals surface area contributed by atoms with Crippen molar-refractivity contribution in [2.24, 2.45) is 0 Å². The summed E-state index contributed by atoms with van der Waals surface area (Å²) in [6.07, 6.45) is 4.34. The van der Waals surface area contributed by atoms with Gasteiger partial charge in [0, 0.05) is 43.7 Å². The van der Waals surface area contributed by atoms with Crippen LogP contribution in [0.2, 0.25) is 0 Å². The number of imidazole rings is 1. The largest absolute Gasteiger partial charge is 0.395 e. The van der Waals surface area contributed by atoms with E-state index in [4.69, 9.17) is 15.0 Å². The van der Waals surface area contributed by atoms with Crippen molar-refractivity contribution in [3.63, 3.8) is 0 Å². The van der Waals surface area contributed by atoms with Gasteiger partial charge in [0.2, 0.25) is 0 Å². The number of thioether (sulfide) groups is 1. The number of nitrogens with one attached hydrogen (secondary N) is 2. The van der Waals surface area contributed by atoms with Crippen molar-refractivity contribution in [2.75, 3.05) is 36.5 Å². The minimum atomic E-state index is 0.0694. The molecule has 0 fully saturated rings. The van der Waals surface area contributed by atoms with Crippen LogP contribution in [-0.2, 0) is 12.2 Å². The van der Waals surface area contributed by atoms with Gasteiger partial charge in [-0.15, -0.1) is 0 Å². The van der Waals surface area contributed by atoms with Crippen LogP contribution in [0.5, 0.6) is 0 Å². The van der Waals surface area contributed by atoms with Gasteiger partial charge in [0.1, 0.15) is 4.70 Å². The first-order chi connectivity index (χ1) is 15.3. The number of aliphatic hydroxyl groups is 1. The highest BCUT2D eigenvalue weighted by atomic mass is 32.2. The van der Waals surface area contributed by atoms with Crippen molar-refractivity contribution in [2.45, 2.75) is 24.3 Å². The van der Waals surface area contributed by atoms with Crippen LogP contribution in [0, 0.1) is 0 Å². The van der Waals surface area contributed by atoms with Crippen LogP contribution in [0.4, 0.5) is 10.9 Å². The van der Waals surface area contributed by atoms with Gasteiger partial charge in [-0.2, -0.15) is 4.98 Å². The van der Waals surface area contributed by atoms with Crippen LogP contribution in [0.25, 0.3) is 10.3 Å². The molecular formula is C21H25N7OS2. The van der Waals surface area contributed by atoms with Gasteiger partial charge in [0.15, 0.2) is 21.8 Å². The first-order valence-corrected chi connectivity index (χ1v) is 12.0. The molecule has 10 heteroatoms. The molecule has 0 amide bonds. The zero-order chi connectivity index (χ0) is 21.5. The number of H-pyrrole nitrogens is 1. The highest BCUT2D eigenvalue weighted by molar-refractivity contribution is 7.98. The second kappa shape index (κ2) is 10.6. The standard InChI is InChI=1S/C21H25N7OS2/c1-2-28(10-11-29)19-17-18(25-20(31-17)23-9-8-16-12-22-14-24-16)26-21(27-19)30-13-15-6-4-3-5-7-15/h3-7,12,14,29H,2,8-11,13H2,1H3,(H,22,24)(H,23,25,26,27). The Kier molecular flexibility index (Phi) is 7.34. The van der Waals surface area contributed by atoms with Crippen molar-refractivity contribution >= 4 is 44.4 Å². The Morgan fingerprint density at radius 2 is 2.06 bits per heavy atom. The topological polar surface area (TPSA) is 103 Å². The lowest BCUT2D eigenvalue weighted by molar-refractivity contribution is 0.302. The summed E-state index contributed by atoms with van der Waals surface area (Å²) < 4.78 is 0.934. The number of anilines is 2. The molecule has 0 atom stereocenters. The highest BCUT2D eigenvalue weighted by Gasteiger charge is 2.18. The molecule has 1 aromatic carbocycles. The number of aromatic nitrogens is 5. The summed E-state index contributed by atoms with van der Waals surface area (Å²) in [4.78, 5) is 23.5. The second-order valence-corrected chi connectivity index (χ2v) is 8.77. The summed E-state index contributed by atoms with van der Waals surface area (Å²) in [5.41, 5.74) is 2.99. The van der Waals surface area contributed by atoms with Crippen molar-refractivity contribution in [1.82, 2.24) is 24.9 Å². The first kappa shape index (κ1) is 21.5. The predicted octanol–water partition coefficient (Wildman–Crippen LogP) is 3.57. The number of likely N-dealkylation sites (N-methyl/N-ethyl adjacent to an activating group) is 1. The van der Waals surface area contributed by atoms with Crippen molar-refractivity contribution < 1.29 is 5.11 Å². The fraction of sp³-hybridized carbons (Fsp3) is 0.333. The average molecular weight is 456 g/mol. The SMILES string of the molecule is CCN(CCO)c1nc(SCc2ccccc2)nc2nc(NCCc3cnc[nH]3)sc12. The van der Waals surface area contributed by atoms with Crippen molar-refractivity contribution in [1.29, 1.82) is 0 Å². The van der Waals surface area contributed by atoms with Gasteiger partial charge in [-0.1, -0.05) is 53.4 Å². The normalized spacial score (nSPS) is 11.2. The molecule has 0 bridgehead atoms. The molecule has 0 saturated heterocycles. The van der Waals surface area contributed by atoms with E-state index in [9.17, 15) is 5.11 Å². The Balaban J connectivity index is 1.57. The van der Waals surface area contributed by atoms with Gasteiger partial charge in [-0.3, -0.25) is 0 Å². The van der Waals surface area contributed by atoms with E-state index in [-0.39, 0.29) is 6.61 Å². The molecule has 3 aromatic heterocycles. The molecule has 4 rings (SSSR count). The van der Waals surface area contributed by atoms with Gasteiger partial charge >= 0.3 is 0 Å². The highest BCUT2D eigenvalue weighted by Crippen LogP contribution is 2.34. The van der Waals surface area contributed by atoms with Gasteiger partial charge in [-0.25, -0.2) is 15.0 Å². The number of hydrogen-bond acceptors (Lipinski definition) is 9. The lowest BCUT2D eigenvalue weighted by atomic mass is 10.2. The van der Waals surface area contributed by atoms with E-state index in [1.165, 1.54) is 5.56 Å². The average Bonchev–Trinajstić information content (AvgIpc) is 3.46. The molecule has 0 aliphatic carbocycles. The summed E-state index contributed by atoms with van der Waals surface area (Å²) in [7, 11) is 0. The molecular weight excluding hydrogens is 430 g/mol. The number of fused-ring (bicyclic) bond motifs is 1. The Labute approximate surface area is 189 Å². The van der Waals surface area contributed by atoms with E-state index in [1.54, 1.807) is 29.4 Å². The fourth-order valence-electron chi connectivity index (χ4n) is 3.13. The third-order valence-electron chi connectivity index (χ3n) is 4.70. The first-order valence-electron chi connectivity index (χ1n) is 10.2. The maximum atomic E-state index is 9.51. The smallest absolute Gasteiger partial charge is 0.191 e. The van der Waals surface area contributed by atoms with Crippen LogP contribution in [-0.4, -0.2) is 56.3 Å². The maximum absolute atomic E-state index is 9.51. The van der Waals surface area contributed by atoms with E-state index in [1.807, 2.05) is 24.4 Å². The van der Waals surface area contributed by atoms with Crippen LogP contribution in [0.15, 0.2) is 48.0 Å². The van der Waals surface area contributed by atoms with E-state index < -0.39 is 0 Å². The molecule has 0 radical (unpaired) electrons. The Hall–Kier alpha value is -2.69. The number of rotatable bonds is 11. The molecule has 4 aromatic rings. The van der Waals surface area contributed by atoms with Crippen LogP contribution < -0.4 is 10.2 Å². The minimum absolute atomic E-state index is 0.0694. The van der Waals surface area contributed by atoms with E-state index in [0.29, 0.717) is 17.3 Å². The molecule has 0 aliphatic heterocycles. The number of aromatic amines is 1. The number of aliphatic hydroxyl groups excluding tert-OH is 1. The molecule has 31 heavy (non-hydrogen) atoms. The van der Waals surface area contributed by atoms with Crippen molar-refractivity contribution in [3.8, 4) is 0 Å². The molecule has 0 unspecified atom stereocenters. The number of nitrogens with zero attached hydrogens (tertiary/aromatic N) is 5.